The molecule has 1 aliphatic rings. The van der Waals surface area contributed by atoms with Gasteiger partial charge in [0.05, 0.1) is 12.1 Å². The fourth-order valence-electron chi connectivity index (χ4n) is 1.90. The van der Waals surface area contributed by atoms with Crippen LogP contribution in [0.15, 0.2) is 18.2 Å². The van der Waals surface area contributed by atoms with Crippen LogP contribution in [0.1, 0.15) is 6.42 Å². The van der Waals surface area contributed by atoms with Crippen molar-refractivity contribution in [3.8, 4) is 5.75 Å². The van der Waals surface area contributed by atoms with E-state index >= 15 is 0 Å². The van der Waals surface area contributed by atoms with Gasteiger partial charge in [-0.2, -0.15) is 0 Å². The third-order valence-electron chi connectivity index (χ3n) is 2.96. The van der Waals surface area contributed by atoms with E-state index in [0.29, 0.717) is 18.7 Å². The van der Waals surface area contributed by atoms with Gasteiger partial charge in [0.1, 0.15) is 0 Å². The van der Waals surface area contributed by atoms with Gasteiger partial charge in [0.25, 0.3) is 0 Å². The monoisotopic (exact) mass is 254 g/mol. The van der Waals surface area contributed by atoms with Crippen LogP contribution in [-0.4, -0.2) is 36.8 Å². The van der Waals surface area contributed by atoms with Gasteiger partial charge in [-0.3, -0.25) is 4.79 Å². The fraction of sp³-hybridized carbons (Fsp3) is 0.417. The van der Waals surface area contributed by atoms with Crippen LogP contribution in [0.2, 0.25) is 0 Å². The molecule has 2 rings (SSSR count). The number of ether oxygens (including phenoxy) is 1. The largest absolute Gasteiger partial charge is 0.505 e. The van der Waals surface area contributed by atoms with Gasteiger partial charge < -0.3 is 20.5 Å². The Kier molecular flexibility index (Phi) is 3.78. The number of halogens is 1. The normalized spacial score (nSPS) is 23.0. The smallest absolute Gasteiger partial charge is 0.241 e. The summed E-state index contributed by atoms with van der Waals surface area (Å²) in [5.41, 5.74) is 0.318. The predicted octanol–water partition coefficient (Wildman–Crippen LogP) is 0.847. The standard InChI is InChI=1S/C12H15FN2O3/c1-18-8-5-10(14-6-8)12(17)15-7-2-3-11(16)9(13)4-7/h2-4,8,10,14,16H,5-6H2,1H3,(H,15,17). The third-order valence-corrected chi connectivity index (χ3v) is 2.96. The molecule has 0 aliphatic carbocycles. The number of carbonyl (C=O) groups excluding carboxylic acids is 1. The first-order chi connectivity index (χ1) is 8.60. The second kappa shape index (κ2) is 5.32. The van der Waals surface area contributed by atoms with Gasteiger partial charge in [0.2, 0.25) is 5.91 Å². The molecular weight excluding hydrogens is 239 g/mol. The van der Waals surface area contributed by atoms with E-state index in [1.54, 1.807) is 7.11 Å². The van der Waals surface area contributed by atoms with Crippen LogP contribution < -0.4 is 10.6 Å². The van der Waals surface area contributed by atoms with E-state index in [1.165, 1.54) is 12.1 Å². The average Bonchev–Trinajstić information content (AvgIpc) is 2.82. The van der Waals surface area contributed by atoms with Crippen molar-refractivity contribution in [1.82, 2.24) is 5.32 Å². The summed E-state index contributed by atoms with van der Waals surface area (Å²) in [6.07, 6.45) is 0.611. The summed E-state index contributed by atoms with van der Waals surface area (Å²) in [4.78, 5) is 11.9. The van der Waals surface area contributed by atoms with Gasteiger partial charge in [0, 0.05) is 25.4 Å². The van der Waals surface area contributed by atoms with Crippen molar-refractivity contribution in [3.05, 3.63) is 24.0 Å². The Morgan fingerprint density at radius 1 is 1.61 bits per heavy atom. The molecule has 2 atom stereocenters. The molecule has 0 aromatic heterocycles. The average molecular weight is 254 g/mol. The summed E-state index contributed by atoms with van der Waals surface area (Å²) in [6.45, 7) is 0.624. The minimum atomic E-state index is -0.762. The maximum atomic E-state index is 13.1. The first kappa shape index (κ1) is 12.8. The molecular formula is C12H15FN2O3. The molecule has 1 heterocycles. The minimum Gasteiger partial charge on any atom is -0.505 e. The lowest BCUT2D eigenvalue weighted by Crippen LogP contribution is -2.35. The Morgan fingerprint density at radius 2 is 2.39 bits per heavy atom. The summed E-state index contributed by atoms with van der Waals surface area (Å²) in [5, 5.41) is 14.7. The lowest BCUT2D eigenvalue weighted by molar-refractivity contribution is -0.118. The summed E-state index contributed by atoms with van der Waals surface area (Å²) < 4.78 is 18.2. The Labute approximate surface area is 104 Å². The molecule has 0 bridgehead atoms. The number of phenols is 1. The number of amides is 1. The Hall–Kier alpha value is -1.66. The number of carbonyl (C=O) groups is 1. The number of hydrogen-bond acceptors (Lipinski definition) is 4. The van der Waals surface area contributed by atoms with Gasteiger partial charge in [-0.15, -0.1) is 0 Å². The van der Waals surface area contributed by atoms with Gasteiger partial charge in [0.15, 0.2) is 11.6 Å². The highest BCUT2D eigenvalue weighted by atomic mass is 19.1. The number of nitrogens with one attached hydrogen (secondary N) is 2. The van der Waals surface area contributed by atoms with E-state index in [1.807, 2.05) is 0 Å². The highest BCUT2D eigenvalue weighted by Crippen LogP contribution is 2.20. The van der Waals surface area contributed by atoms with Crippen LogP contribution in [0, 0.1) is 5.82 Å². The number of methoxy groups -OCH3 is 1. The van der Waals surface area contributed by atoms with Gasteiger partial charge in [-0.05, 0) is 18.6 Å². The molecule has 2 unspecified atom stereocenters. The lowest BCUT2D eigenvalue weighted by Gasteiger charge is -2.11. The predicted molar refractivity (Wildman–Crippen MR) is 63.9 cm³/mol. The molecule has 5 nitrogen and oxygen atoms in total. The van der Waals surface area contributed by atoms with E-state index in [4.69, 9.17) is 9.84 Å². The minimum absolute atomic E-state index is 0.0253. The number of benzene rings is 1. The molecule has 1 aliphatic heterocycles. The van der Waals surface area contributed by atoms with Crippen molar-refractivity contribution in [2.45, 2.75) is 18.6 Å². The van der Waals surface area contributed by atoms with E-state index in [0.717, 1.165) is 6.07 Å². The number of hydrogen-bond donors (Lipinski definition) is 3. The van der Waals surface area contributed by atoms with Gasteiger partial charge in [-0.1, -0.05) is 0 Å². The van der Waals surface area contributed by atoms with Crippen LogP contribution in [0.4, 0.5) is 10.1 Å². The molecule has 6 heteroatoms. The lowest BCUT2D eigenvalue weighted by atomic mass is 10.2. The van der Waals surface area contributed by atoms with Crippen molar-refractivity contribution in [2.75, 3.05) is 19.0 Å². The van der Waals surface area contributed by atoms with Gasteiger partial charge >= 0.3 is 0 Å². The summed E-state index contributed by atoms with van der Waals surface area (Å²) in [7, 11) is 1.60. The second-order valence-corrected chi connectivity index (χ2v) is 4.21. The van der Waals surface area contributed by atoms with Crippen LogP contribution in [0.25, 0.3) is 0 Å². The zero-order chi connectivity index (χ0) is 13.1. The molecule has 98 valence electrons. The molecule has 1 aromatic rings. The van der Waals surface area contributed by atoms with Crippen LogP contribution in [0.3, 0.4) is 0 Å². The van der Waals surface area contributed by atoms with E-state index in [-0.39, 0.29) is 18.1 Å². The Morgan fingerprint density at radius 3 is 3.00 bits per heavy atom. The van der Waals surface area contributed by atoms with Crippen LogP contribution in [0.5, 0.6) is 5.75 Å². The molecule has 1 saturated heterocycles. The first-order valence-corrected chi connectivity index (χ1v) is 5.65. The zero-order valence-corrected chi connectivity index (χ0v) is 9.94. The van der Waals surface area contributed by atoms with Gasteiger partial charge in [-0.25, -0.2) is 4.39 Å². The summed E-state index contributed by atoms with van der Waals surface area (Å²) in [5.74, 6) is -1.44. The zero-order valence-electron chi connectivity index (χ0n) is 9.94. The van der Waals surface area contributed by atoms with Crippen molar-refractivity contribution in [3.63, 3.8) is 0 Å². The van der Waals surface area contributed by atoms with E-state index in [9.17, 15) is 9.18 Å². The molecule has 1 amide bonds. The first-order valence-electron chi connectivity index (χ1n) is 5.65. The quantitative estimate of drug-likeness (QED) is 0.699. The third kappa shape index (κ3) is 2.77. The Balaban J connectivity index is 1.97. The van der Waals surface area contributed by atoms with Crippen molar-refractivity contribution in [2.24, 2.45) is 0 Å². The maximum Gasteiger partial charge on any atom is 0.241 e. The number of aromatic hydroxyl groups is 1. The summed E-state index contributed by atoms with van der Waals surface area (Å²) >= 11 is 0. The van der Waals surface area contributed by atoms with Crippen LogP contribution in [-0.2, 0) is 9.53 Å². The fourth-order valence-corrected chi connectivity index (χ4v) is 1.90. The van der Waals surface area contributed by atoms with Crippen LogP contribution >= 0.6 is 0 Å². The molecule has 0 saturated carbocycles. The Bertz CT molecular complexity index is 453. The number of anilines is 1. The molecule has 3 N–H and O–H groups in total. The van der Waals surface area contributed by atoms with E-state index in [2.05, 4.69) is 10.6 Å². The number of rotatable bonds is 3. The van der Waals surface area contributed by atoms with Crippen molar-refractivity contribution in [1.29, 1.82) is 0 Å². The highest BCUT2D eigenvalue weighted by molar-refractivity contribution is 5.95. The highest BCUT2D eigenvalue weighted by Gasteiger charge is 2.29. The van der Waals surface area contributed by atoms with Crippen molar-refractivity contribution >= 4 is 11.6 Å². The molecule has 1 aromatic carbocycles. The molecule has 1 fully saturated rings. The summed E-state index contributed by atoms with van der Waals surface area (Å²) in [6, 6.07) is 3.38. The molecule has 0 radical (unpaired) electrons. The maximum absolute atomic E-state index is 13.1. The number of phenolic OH excluding ortho intramolecular Hbond substituents is 1. The topological polar surface area (TPSA) is 70.6 Å². The van der Waals surface area contributed by atoms with E-state index < -0.39 is 11.6 Å². The SMILES string of the molecule is COC1CNC(C(=O)Nc2ccc(O)c(F)c2)C1. The van der Waals surface area contributed by atoms with Crippen molar-refractivity contribution < 1.29 is 19.0 Å². The molecule has 0 spiro atoms. The second-order valence-electron chi connectivity index (χ2n) is 4.21. The molecule has 18 heavy (non-hydrogen) atoms.